The summed E-state index contributed by atoms with van der Waals surface area (Å²) in [6.45, 7) is 2.20. The molecule has 2 aromatic rings. The Bertz CT molecular complexity index is 1060. The third kappa shape index (κ3) is 6.92. The smallest absolute Gasteiger partial charge is 0.242 e. The van der Waals surface area contributed by atoms with Crippen LogP contribution in [0.25, 0.3) is 0 Å². The summed E-state index contributed by atoms with van der Waals surface area (Å²) in [4.78, 5) is 26.5. The molecule has 0 aliphatic heterocycles. The van der Waals surface area contributed by atoms with Crippen molar-refractivity contribution in [3.8, 4) is 5.75 Å². The highest BCUT2D eigenvalue weighted by molar-refractivity contribution is 7.89. The minimum atomic E-state index is -3.68. The van der Waals surface area contributed by atoms with Gasteiger partial charge >= 0.3 is 0 Å². The van der Waals surface area contributed by atoms with Crippen LogP contribution < -0.4 is 15.4 Å². The molecule has 0 saturated heterocycles. The molecule has 0 bridgehead atoms. The summed E-state index contributed by atoms with van der Waals surface area (Å²) in [6.07, 6.45) is 0. The lowest BCUT2D eigenvalue weighted by Crippen LogP contribution is -2.38. The molecular formula is C21H27ClN4O5S. The van der Waals surface area contributed by atoms with Gasteiger partial charge in [-0.1, -0.05) is 18.5 Å². The summed E-state index contributed by atoms with van der Waals surface area (Å²) < 4.78 is 30.8. The largest absolute Gasteiger partial charge is 0.497 e. The zero-order chi connectivity index (χ0) is 23.9. The number of hydrogen-bond donors (Lipinski definition) is 2. The molecule has 0 radical (unpaired) electrons. The first-order valence-electron chi connectivity index (χ1n) is 9.75. The van der Waals surface area contributed by atoms with Crippen LogP contribution in [0.15, 0.2) is 47.4 Å². The molecule has 9 nitrogen and oxygen atoms in total. The van der Waals surface area contributed by atoms with E-state index in [1.54, 1.807) is 36.3 Å². The lowest BCUT2D eigenvalue weighted by molar-refractivity contribution is -0.119. The number of hydrogen-bond acceptors (Lipinski definition) is 6. The van der Waals surface area contributed by atoms with Crippen molar-refractivity contribution in [2.75, 3.05) is 51.5 Å². The number of nitrogens with one attached hydrogen (secondary N) is 2. The van der Waals surface area contributed by atoms with Crippen LogP contribution in [-0.2, 0) is 19.6 Å². The van der Waals surface area contributed by atoms with Crippen molar-refractivity contribution >= 4 is 44.8 Å². The topological polar surface area (TPSA) is 108 Å². The second-order valence-electron chi connectivity index (χ2n) is 7.06. The number of rotatable bonds is 10. The highest BCUT2D eigenvalue weighted by Gasteiger charge is 2.20. The highest BCUT2D eigenvalue weighted by Crippen LogP contribution is 2.26. The van der Waals surface area contributed by atoms with Crippen LogP contribution in [0, 0.1) is 0 Å². The second-order valence-corrected chi connectivity index (χ2v) is 9.62. The minimum Gasteiger partial charge on any atom is -0.497 e. The van der Waals surface area contributed by atoms with E-state index in [0.717, 1.165) is 4.31 Å². The molecule has 0 spiro atoms. The van der Waals surface area contributed by atoms with E-state index in [-0.39, 0.29) is 34.6 Å². The summed E-state index contributed by atoms with van der Waals surface area (Å²) in [5.41, 5.74) is 0.792. The van der Waals surface area contributed by atoms with E-state index in [4.69, 9.17) is 16.3 Å². The highest BCUT2D eigenvalue weighted by atomic mass is 35.5. The van der Waals surface area contributed by atoms with Crippen molar-refractivity contribution in [3.05, 3.63) is 47.5 Å². The van der Waals surface area contributed by atoms with Gasteiger partial charge in [-0.2, -0.15) is 0 Å². The van der Waals surface area contributed by atoms with E-state index in [1.165, 1.54) is 32.3 Å². The molecule has 32 heavy (non-hydrogen) atoms. The summed E-state index contributed by atoms with van der Waals surface area (Å²) in [6, 6.07) is 11.0. The maximum absolute atomic E-state index is 12.5. The molecule has 0 aliphatic rings. The first-order chi connectivity index (χ1) is 15.1. The minimum absolute atomic E-state index is 0.00126. The van der Waals surface area contributed by atoms with Gasteiger partial charge in [-0.3, -0.25) is 14.5 Å². The quantitative estimate of drug-likeness (QED) is 0.538. The van der Waals surface area contributed by atoms with Crippen LogP contribution in [0.2, 0.25) is 5.02 Å². The predicted molar refractivity (Wildman–Crippen MR) is 125 cm³/mol. The zero-order valence-electron chi connectivity index (χ0n) is 18.4. The van der Waals surface area contributed by atoms with Crippen LogP contribution in [0.5, 0.6) is 5.75 Å². The Labute approximate surface area is 193 Å². The summed E-state index contributed by atoms with van der Waals surface area (Å²) >= 11 is 6.13. The maximum atomic E-state index is 12.5. The lowest BCUT2D eigenvalue weighted by atomic mass is 10.3. The Hall–Kier alpha value is -2.66. The number of methoxy groups -OCH3 is 1. The molecule has 0 fully saturated rings. The number of ether oxygens (including phenoxy) is 1. The Morgan fingerprint density at radius 1 is 1.00 bits per heavy atom. The second kappa shape index (κ2) is 11.3. The van der Waals surface area contributed by atoms with Crippen LogP contribution >= 0.6 is 11.6 Å². The lowest BCUT2D eigenvalue weighted by Gasteiger charge is -2.20. The van der Waals surface area contributed by atoms with E-state index in [0.29, 0.717) is 18.0 Å². The molecule has 11 heteroatoms. The van der Waals surface area contributed by atoms with Crippen molar-refractivity contribution in [3.63, 3.8) is 0 Å². The molecule has 0 saturated carbocycles. The van der Waals surface area contributed by atoms with Crippen molar-refractivity contribution < 1.29 is 22.7 Å². The molecule has 2 amide bonds. The Morgan fingerprint density at radius 3 is 2.12 bits per heavy atom. The van der Waals surface area contributed by atoms with Gasteiger partial charge in [0, 0.05) is 19.8 Å². The van der Waals surface area contributed by atoms with Gasteiger partial charge < -0.3 is 15.4 Å². The van der Waals surface area contributed by atoms with E-state index in [1.807, 2.05) is 6.92 Å². The first kappa shape index (κ1) is 25.6. The van der Waals surface area contributed by atoms with Gasteiger partial charge in [-0.15, -0.1) is 0 Å². The molecule has 0 aromatic heterocycles. The van der Waals surface area contributed by atoms with E-state index < -0.39 is 15.9 Å². The zero-order valence-corrected chi connectivity index (χ0v) is 20.0. The Kier molecular flexibility index (Phi) is 9.02. The van der Waals surface area contributed by atoms with Gasteiger partial charge in [-0.05, 0) is 49.0 Å². The molecule has 174 valence electrons. The molecule has 0 atom stereocenters. The molecule has 2 rings (SSSR count). The Balaban J connectivity index is 2.00. The number of nitrogens with zero attached hydrogens (tertiary/aromatic N) is 2. The number of benzene rings is 2. The molecule has 0 heterocycles. The average molecular weight is 483 g/mol. The van der Waals surface area contributed by atoms with E-state index in [2.05, 4.69) is 10.6 Å². The fraction of sp³-hybridized carbons (Fsp3) is 0.333. The molecular weight excluding hydrogens is 456 g/mol. The molecule has 2 N–H and O–H groups in total. The molecule has 2 aromatic carbocycles. The van der Waals surface area contributed by atoms with Crippen molar-refractivity contribution in [2.45, 2.75) is 11.8 Å². The van der Waals surface area contributed by atoms with Gasteiger partial charge in [0.25, 0.3) is 0 Å². The number of anilines is 2. The number of sulfonamides is 1. The van der Waals surface area contributed by atoms with Crippen LogP contribution in [0.3, 0.4) is 0 Å². The first-order valence-corrected chi connectivity index (χ1v) is 11.6. The monoisotopic (exact) mass is 482 g/mol. The van der Waals surface area contributed by atoms with Crippen molar-refractivity contribution in [1.29, 1.82) is 0 Å². The number of carbonyl (C=O) groups excluding carboxylic acids is 2. The standard InChI is InChI=1S/C21H27ClN4O5S/c1-5-26(13-20(27)23-15-6-8-16(31-4)9-7-15)14-21(28)24-19-12-17(10-11-18(19)22)32(29,30)25(2)3/h6-12H,5,13-14H2,1-4H3,(H,23,27)(H,24,28). The number of halogens is 1. The van der Waals surface area contributed by atoms with Gasteiger partial charge in [0.05, 0.1) is 35.8 Å². The number of amides is 2. The average Bonchev–Trinajstić information content (AvgIpc) is 2.75. The van der Waals surface area contributed by atoms with Crippen molar-refractivity contribution in [1.82, 2.24) is 9.21 Å². The normalized spacial score (nSPS) is 11.5. The van der Waals surface area contributed by atoms with E-state index in [9.17, 15) is 18.0 Å². The van der Waals surface area contributed by atoms with Crippen LogP contribution in [0.1, 0.15) is 6.92 Å². The summed E-state index contributed by atoms with van der Waals surface area (Å²) in [5, 5.41) is 5.59. The van der Waals surface area contributed by atoms with Gasteiger partial charge in [0.15, 0.2) is 0 Å². The van der Waals surface area contributed by atoms with Crippen LogP contribution in [0.4, 0.5) is 11.4 Å². The summed E-state index contributed by atoms with van der Waals surface area (Å²) in [5.74, 6) is -0.0247. The predicted octanol–water partition coefficient (Wildman–Crippen LogP) is 2.50. The number of likely N-dealkylation sites (N-methyl/N-ethyl adjacent to an activating group) is 1. The van der Waals surface area contributed by atoms with Crippen molar-refractivity contribution in [2.24, 2.45) is 0 Å². The van der Waals surface area contributed by atoms with Gasteiger partial charge in [0.1, 0.15) is 5.75 Å². The molecule has 0 unspecified atom stereocenters. The Morgan fingerprint density at radius 2 is 1.59 bits per heavy atom. The third-order valence-corrected chi connectivity index (χ3v) is 6.69. The summed E-state index contributed by atoms with van der Waals surface area (Å²) in [7, 11) is 0.710. The SMILES string of the molecule is CCN(CC(=O)Nc1ccc(OC)cc1)CC(=O)Nc1cc(S(=O)(=O)N(C)C)ccc1Cl. The van der Waals surface area contributed by atoms with Crippen LogP contribution in [-0.4, -0.2) is 70.3 Å². The fourth-order valence-corrected chi connectivity index (χ4v) is 3.81. The molecule has 0 aliphatic carbocycles. The fourth-order valence-electron chi connectivity index (χ4n) is 2.72. The third-order valence-electron chi connectivity index (χ3n) is 4.55. The van der Waals surface area contributed by atoms with Gasteiger partial charge in [0.2, 0.25) is 21.8 Å². The van der Waals surface area contributed by atoms with Gasteiger partial charge in [-0.25, -0.2) is 12.7 Å². The number of carbonyl (C=O) groups is 2. The van der Waals surface area contributed by atoms with E-state index >= 15 is 0 Å². The maximum Gasteiger partial charge on any atom is 0.242 e.